The molecule has 2 atom stereocenters. The molecule has 6 nitrogen and oxygen atoms in total. The number of methoxy groups -OCH3 is 1. The fourth-order valence-corrected chi connectivity index (χ4v) is 4.70. The molecular weight excluding hydrogens is 328 g/mol. The quantitative estimate of drug-likeness (QED) is 0.845. The van der Waals surface area contributed by atoms with Gasteiger partial charge in [-0.2, -0.15) is 0 Å². The summed E-state index contributed by atoms with van der Waals surface area (Å²) in [7, 11) is -2.06. The molecule has 1 aliphatic rings. The number of nitrogens with zero attached hydrogens (tertiary/aromatic N) is 2. The van der Waals surface area contributed by atoms with E-state index in [1.807, 2.05) is 12.1 Å². The van der Waals surface area contributed by atoms with Crippen LogP contribution >= 0.6 is 0 Å². The molecule has 1 aliphatic heterocycles. The molecule has 1 fully saturated rings. The lowest BCUT2D eigenvalue weighted by molar-refractivity contribution is -0.130. The summed E-state index contributed by atoms with van der Waals surface area (Å²) in [6, 6.07) is 10.6. The molecule has 2 heterocycles. The minimum Gasteiger partial charge on any atom is -0.497 e. The summed E-state index contributed by atoms with van der Waals surface area (Å²) in [6.07, 6.45) is 3.07. The van der Waals surface area contributed by atoms with Crippen LogP contribution in [0, 0.1) is 0 Å². The highest BCUT2D eigenvalue weighted by molar-refractivity contribution is 7.93. The summed E-state index contributed by atoms with van der Waals surface area (Å²) < 4.78 is 30.5. The van der Waals surface area contributed by atoms with E-state index in [2.05, 4.69) is 4.98 Å². The molecule has 1 aromatic heterocycles. The summed E-state index contributed by atoms with van der Waals surface area (Å²) in [5.41, 5.74) is 1.34. The van der Waals surface area contributed by atoms with Crippen molar-refractivity contribution < 1.29 is 17.9 Å². The van der Waals surface area contributed by atoms with Crippen LogP contribution in [-0.4, -0.2) is 36.6 Å². The minimum atomic E-state index is -3.64. The van der Waals surface area contributed by atoms with E-state index in [9.17, 15) is 13.2 Å². The van der Waals surface area contributed by atoms with Crippen LogP contribution in [0.2, 0.25) is 0 Å². The molecule has 0 N–H and O–H groups in total. The first-order valence-electron chi connectivity index (χ1n) is 7.51. The number of sulfone groups is 1. The Morgan fingerprint density at radius 1 is 1.21 bits per heavy atom. The van der Waals surface area contributed by atoms with Gasteiger partial charge in [0.2, 0.25) is 5.91 Å². The average molecular weight is 346 g/mol. The van der Waals surface area contributed by atoms with E-state index < -0.39 is 20.5 Å². The number of hydrogen-bond acceptors (Lipinski definition) is 5. The first-order chi connectivity index (χ1) is 11.4. The van der Waals surface area contributed by atoms with Gasteiger partial charge in [-0.05, 0) is 30.7 Å². The first-order valence-corrected chi connectivity index (χ1v) is 9.12. The smallest absolute Gasteiger partial charge is 0.242 e. The van der Waals surface area contributed by atoms with Gasteiger partial charge in [0.05, 0.1) is 7.11 Å². The third kappa shape index (κ3) is 2.75. The zero-order valence-corrected chi connectivity index (χ0v) is 14.2. The largest absolute Gasteiger partial charge is 0.497 e. The van der Waals surface area contributed by atoms with E-state index in [1.54, 1.807) is 37.6 Å². The van der Waals surface area contributed by atoms with Crippen LogP contribution in [0.4, 0.5) is 0 Å². The number of carbonyl (C=O) groups excluding carboxylic acids is 1. The Bertz CT molecular complexity index is 835. The van der Waals surface area contributed by atoms with E-state index in [0.717, 1.165) is 5.56 Å². The average Bonchev–Trinajstić information content (AvgIpc) is 2.76. The maximum absolute atomic E-state index is 12.7. The van der Waals surface area contributed by atoms with Crippen molar-refractivity contribution in [3.8, 4) is 5.75 Å². The van der Waals surface area contributed by atoms with Crippen LogP contribution in [0.25, 0.3) is 0 Å². The van der Waals surface area contributed by atoms with E-state index in [0.29, 0.717) is 11.3 Å². The molecule has 1 aromatic carbocycles. The molecule has 2 aromatic rings. The van der Waals surface area contributed by atoms with Crippen molar-refractivity contribution in [2.24, 2.45) is 0 Å². The molecule has 0 aliphatic carbocycles. The molecule has 24 heavy (non-hydrogen) atoms. The van der Waals surface area contributed by atoms with Crippen molar-refractivity contribution in [2.75, 3.05) is 7.11 Å². The molecule has 3 rings (SSSR count). The van der Waals surface area contributed by atoms with Crippen LogP contribution in [-0.2, 0) is 21.2 Å². The normalized spacial score (nSPS) is 22.6. The van der Waals surface area contributed by atoms with Crippen molar-refractivity contribution in [1.82, 2.24) is 9.88 Å². The number of rotatable bonds is 4. The highest BCUT2D eigenvalue weighted by Gasteiger charge is 2.50. The van der Waals surface area contributed by atoms with Gasteiger partial charge in [-0.1, -0.05) is 18.2 Å². The van der Waals surface area contributed by atoms with Crippen molar-refractivity contribution in [3.63, 3.8) is 0 Å². The van der Waals surface area contributed by atoms with E-state index in [1.165, 1.54) is 18.0 Å². The van der Waals surface area contributed by atoms with Gasteiger partial charge in [0.15, 0.2) is 15.2 Å². The number of pyridine rings is 1. The molecule has 0 bridgehead atoms. The SMILES string of the molecule is COc1ccc(CN2C(=O)[C@H](C)S(=O)(=O)[C@H]2c2cccnc2)cc1. The fourth-order valence-electron chi connectivity index (χ4n) is 2.84. The highest BCUT2D eigenvalue weighted by atomic mass is 32.2. The predicted octanol–water partition coefficient (Wildman–Crippen LogP) is 1.93. The van der Waals surface area contributed by atoms with E-state index in [4.69, 9.17) is 4.74 Å². The topological polar surface area (TPSA) is 76.6 Å². The first kappa shape index (κ1) is 16.4. The summed E-state index contributed by atoms with van der Waals surface area (Å²) in [6.45, 7) is 1.65. The van der Waals surface area contributed by atoms with Crippen LogP contribution in [0.1, 0.15) is 23.4 Å². The second-order valence-corrected chi connectivity index (χ2v) is 8.02. The van der Waals surface area contributed by atoms with Gasteiger partial charge >= 0.3 is 0 Å². The Kier molecular flexibility index (Phi) is 4.28. The van der Waals surface area contributed by atoms with Crippen molar-refractivity contribution in [1.29, 1.82) is 0 Å². The van der Waals surface area contributed by atoms with Crippen molar-refractivity contribution in [3.05, 3.63) is 59.9 Å². The number of benzene rings is 1. The molecule has 0 saturated carbocycles. The monoisotopic (exact) mass is 346 g/mol. The summed E-state index contributed by atoms with van der Waals surface area (Å²) in [4.78, 5) is 17.9. The molecule has 0 spiro atoms. The summed E-state index contributed by atoms with van der Waals surface area (Å²) >= 11 is 0. The Morgan fingerprint density at radius 2 is 1.92 bits per heavy atom. The molecule has 0 unspecified atom stereocenters. The van der Waals surface area contributed by atoms with Gasteiger partial charge in [-0.25, -0.2) is 8.42 Å². The zero-order valence-electron chi connectivity index (χ0n) is 13.4. The van der Waals surface area contributed by atoms with Gasteiger partial charge in [-0.3, -0.25) is 9.78 Å². The lowest BCUT2D eigenvalue weighted by atomic mass is 10.1. The molecule has 126 valence electrons. The van der Waals surface area contributed by atoms with Crippen molar-refractivity contribution >= 4 is 15.7 Å². The van der Waals surface area contributed by atoms with E-state index in [-0.39, 0.29) is 12.5 Å². The number of carbonyl (C=O) groups is 1. The Morgan fingerprint density at radius 3 is 2.50 bits per heavy atom. The lowest BCUT2D eigenvalue weighted by Crippen LogP contribution is -2.29. The standard InChI is InChI=1S/C17H18N2O4S/c1-12-16(20)19(11-13-5-7-15(23-2)8-6-13)17(24(12,21)22)14-4-3-9-18-10-14/h3-10,12,17H,11H2,1-2H3/t12-,17-/m0/s1. The number of hydrogen-bond donors (Lipinski definition) is 0. The van der Waals surface area contributed by atoms with Gasteiger partial charge in [-0.15, -0.1) is 0 Å². The third-order valence-corrected chi connectivity index (χ3v) is 6.54. The number of ether oxygens (including phenoxy) is 1. The third-order valence-electron chi connectivity index (χ3n) is 4.20. The second kappa shape index (κ2) is 6.24. The fraction of sp³-hybridized carbons (Fsp3) is 0.294. The molecule has 1 saturated heterocycles. The van der Waals surface area contributed by atoms with Crippen molar-refractivity contribution in [2.45, 2.75) is 24.1 Å². The van der Waals surface area contributed by atoms with E-state index >= 15 is 0 Å². The molecular formula is C17H18N2O4S. The van der Waals surface area contributed by atoms with Crippen LogP contribution in [0.15, 0.2) is 48.8 Å². The maximum atomic E-state index is 12.7. The molecule has 0 radical (unpaired) electrons. The summed E-state index contributed by atoms with van der Waals surface area (Å²) in [5.74, 6) is 0.316. The minimum absolute atomic E-state index is 0.214. The van der Waals surface area contributed by atoms with Gasteiger partial charge in [0, 0.05) is 24.5 Å². The lowest BCUT2D eigenvalue weighted by Gasteiger charge is -2.23. The molecule has 1 amide bonds. The highest BCUT2D eigenvalue weighted by Crippen LogP contribution is 2.38. The van der Waals surface area contributed by atoms with Gasteiger partial charge < -0.3 is 9.64 Å². The second-order valence-electron chi connectivity index (χ2n) is 5.68. The van der Waals surface area contributed by atoms with Crippen LogP contribution in [0.5, 0.6) is 5.75 Å². The number of aromatic nitrogens is 1. The Balaban J connectivity index is 1.98. The predicted molar refractivity (Wildman–Crippen MR) is 88.9 cm³/mol. The van der Waals surface area contributed by atoms with Gasteiger partial charge in [0.1, 0.15) is 11.0 Å². The Labute approximate surface area is 141 Å². The zero-order chi connectivity index (χ0) is 17.3. The molecule has 7 heteroatoms. The van der Waals surface area contributed by atoms with Crippen LogP contribution < -0.4 is 4.74 Å². The summed E-state index contributed by atoms with van der Waals surface area (Å²) in [5, 5.41) is -2.06. The van der Waals surface area contributed by atoms with Crippen LogP contribution in [0.3, 0.4) is 0 Å². The van der Waals surface area contributed by atoms with Gasteiger partial charge in [0.25, 0.3) is 0 Å². The maximum Gasteiger partial charge on any atom is 0.242 e. The Hall–Kier alpha value is -2.41. The number of amides is 1.